The van der Waals surface area contributed by atoms with Gasteiger partial charge in [-0.3, -0.25) is 0 Å². The predicted octanol–water partition coefficient (Wildman–Crippen LogP) is 1.81. The van der Waals surface area contributed by atoms with Gasteiger partial charge in [-0.25, -0.2) is 4.98 Å². The Kier molecular flexibility index (Phi) is 3.10. The normalized spacial score (nSPS) is 24.8. The van der Waals surface area contributed by atoms with E-state index in [4.69, 9.17) is 18.0 Å². The van der Waals surface area contributed by atoms with Crippen LogP contribution in [0.25, 0.3) is 0 Å². The number of aromatic nitrogens is 1. The molecule has 0 aliphatic carbocycles. The first-order chi connectivity index (χ1) is 7.59. The first-order valence-electron chi connectivity index (χ1n) is 5.59. The Morgan fingerprint density at radius 1 is 1.44 bits per heavy atom. The summed E-state index contributed by atoms with van der Waals surface area (Å²) in [6.07, 6.45) is 1.80. The molecule has 1 saturated heterocycles. The molecule has 2 N–H and O–H groups in total. The first-order valence-corrected chi connectivity index (χ1v) is 6.00. The molecule has 0 aromatic carbocycles. The molecule has 3 nitrogen and oxygen atoms in total. The van der Waals surface area contributed by atoms with Crippen molar-refractivity contribution in [2.45, 2.75) is 13.8 Å². The molecule has 1 aliphatic rings. The van der Waals surface area contributed by atoms with Crippen molar-refractivity contribution in [2.24, 2.45) is 17.6 Å². The molecule has 1 fully saturated rings. The maximum atomic E-state index is 5.72. The van der Waals surface area contributed by atoms with Crippen molar-refractivity contribution in [2.75, 3.05) is 18.0 Å². The summed E-state index contributed by atoms with van der Waals surface area (Å²) in [4.78, 5) is 7.12. The molecule has 2 unspecified atom stereocenters. The van der Waals surface area contributed by atoms with Gasteiger partial charge in [-0.2, -0.15) is 0 Å². The SMILES string of the molecule is CC1CN(c2ncccc2C(N)=S)CC1C. The molecule has 0 bridgehead atoms. The summed E-state index contributed by atoms with van der Waals surface area (Å²) in [6.45, 7) is 6.61. The lowest BCUT2D eigenvalue weighted by atomic mass is 10.0. The number of anilines is 1. The van der Waals surface area contributed by atoms with Crippen LogP contribution in [0.5, 0.6) is 0 Å². The van der Waals surface area contributed by atoms with Gasteiger partial charge in [-0.05, 0) is 24.0 Å². The lowest BCUT2D eigenvalue weighted by molar-refractivity contribution is 0.494. The Bertz CT molecular complexity index is 395. The van der Waals surface area contributed by atoms with E-state index in [1.165, 1.54) is 0 Å². The van der Waals surface area contributed by atoms with Gasteiger partial charge >= 0.3 is 0 Å². The van der Waals surface area contributed by atoms with Gasteiger partial charge in [0.15, 0.2) is 0 Å². The standard InChI is InChI=1S/C12H17N3S/c1-8-6-15(7-9(8)2)12-10(11(13)16)4-3-5-14-12/h3-5,8-9H,6-7H2,1-2H3,(H2,13,16). The highest BCUT2D eigenvalue weighted by atomic mass is 32.1. The zero-order valence-electron chi connectivity index (χ0n) is 9.68. The Hall–Kier alpha value is -1.16. The van der Waals surface area contributed by atoms with E-state index in [2.05, 4.69) is 23.7 Å². The third kappa shape index (κ3) is 2.02. The van der Waals surface area contributed by atoms with Crippen molar-refractivity contribution < 1.29 is 0 Å². The van der Waals surface area contributed by atoms with E-state index in [1.807, 2.05) is 12.1 Å². The number of rotatable bonds is 2. The summed E-state index contributed by atoms with van der Waals surface area (Å²) in [5, 5.41) is 0. The van der Waals surface area contributed by atoms with E-state index < -0.39 is 0 Å². The van der Waals surface area contributed by atoms with E-state index in [9.17, 15) is 0 Å². The van der Waals surface area contributed by atoms with E-state index in [0.29, 0.717) is 16.8 Å². The van der Waals surface area contributed by atoms with Crippen molar-refractivity contribution in [3.63, 3.8) is 0 Å². The van der Waals surface area contributed by atoms with Gasteiger partial charge < -0.3 is 10.6 Å². The van der Waals surface area contributed by atoms with Crippen LogP contribution in [-0.2, 0) is 0 Å². The average molecular weight is 235 g/mol. The first kappa shape index (κ1) is 11.3. The Labute approximate surface area is 102 Å². The fourth-order valence-corrected chi connectivity index (χ4v) is 2.30. The summed E-state index contributed by atoms with van der Waals surface area (Å²) < 4.78 is 0. The molecule has 2 heterocycles. The number of pyridine rings is 1. The molecular formula is C12H17N3S. The molecule has 1 aromatic heterocycles. The van der Waals surface area contributed by atoms with Gasteiger partial charge in [-0.15, -0.1) is 0 Å². The second-order valence-corrected chi connectivity index (χ2v) is 5.04. The second kappa shape index (κ2) is 4.37. The largest absolute Gasteiger partial charge is 0.389 e. The van der Waals surface area contributed by atoms with Crippen molar-refractivity contribution in [3.05, 3.63) is 23.9 Å². The van der Waals surface area contributed by atoms with Gasteiger partial charge in [0.25, 0.3) is 0 Å². The van der Waals surface area contributed by atoms with Crippen LogP contribution < -0.4 is 10.6 Å². The van der Waals surface area contributed by atoms with E-state index in [1.54, 1.807) is 6.20 Å². The summed E-state index contributed by atoms with van der Waals surface area (Å²) >= 11 is 5.06. The van der Waals surface area contributed by atoms with Gasteiger partial charge in [0, 0.05) is 19.3 Å². The smallest absolute Gasteiger partial charge is 0.138 e. The molecule has 0 saturated carbocycles. The van der Waals surface area contributed by atoms with Crippen molar-refractivity contribution in [3.8, 4) is 0 Å². The van der Waals surface area contributed by atoms with E-state index in [-0.39, 0.29) is 0 Å². The minimum absolute atomic E-state index is 0.426. The highest BCUT2D eigenvalue weighted by molar-refractivity contribution is 7.80. The number of hydrogen-bond donors (Lipinski definition) is 1. The van der Waals surface area contributed by atoms with Gasteiger partial charge in [0.1, 0.15) is 10.8 Å². The van der Waals surface area contributed by atoms with Crippen molar-refractivity contribution in [1.29, 1.82) is 0 Å². The van der Waals surface area contributed by atoms with Crippen molar-refractivity contribution >= 4 is 23.0 Å². The predicted molar refractivity (Wildman–Crippen MR) is 70.7 cm³/mol. The van der Waals surface area contributed by atoms with Crippen LogP contribution in [0.3, 0.4) is 0 Å². The van der Waals surface area contributed by atoms with Crippen LogP contribution in [0.2, 0.25) is 0 Å². The molecule has 1 aliphatic heterocycles. The van der Waals surface area contributed by atoms with Gasteiger partial charge in [0.05, 0.1) is 5.56 Å². The molecule has 2 rings (SSSR count). The summed E-state index contributed by atoms with van der Waals surface area (Å²) in [6, 6.07) is 3.82. The number of nitrogens with zero attached hydrogens (tertiary/aromatic N) is 2. The lowest BCUT2D eigenvalue weighted by Crippen LogP contribution is -2.25. The minimum atomic E-state index is 0.426. The fourth-order valence-electron chi connectivity index (χ4n) is 2.14. The maximum Gasteiger partial charge on any atom is 0.138 e. The average Bonchev–Trinajstić information content (AvgIpc) is 2.59. The molecule has 0 amide bonds. The molecule has 0 radical (unpaired) electrons. The van der Waals surface area contributed by atoms with Crippen LogP contribution in [0.4, 0.5) is 5.82 Å². The number of thiocarbonyl (C=S) groups is 1. The Balaban J connectivity index is 2.31. The lowest BCUT2D eigenvalue weighted by Gasteiger charge is -2.19. The molecular weight excluding hydrogens is 218 g/mol. The quantitative estimate of drug-likeness (QED) is 0.794. The third-order valence-corrected chi connectivity index (χ3v) is 3.56. The summed E-state index contributed by atoms with van der Waals surface area (Å²) in [5.74, 6) is 2.33. The summed E-state index contributed by atoms with van der Waals surface area (Å²) in [5.41, 5.74) is 6.60. The molecule has 1 aromatic rings. The molecule has 0 spiro atoms. The monoisotopic (exact) mass is 235 g/mol. The Morgan fingerprint density at radius 2 is 2.06 bits per heavy atom. The zero-order chi connectivity index (χ0) is 11.7. The van der Waals surface area contributed by atoms with Gasteiger partial charge in [-0.1, -0.05) is 26.1 Å². The maximum absolute atomic E-state index is 5.72. The molecule has 2 atom stereocenters. The number of nitrogens with two attached hydrogens (primary N) is 1. The fraction of sp³-hybridized carbons (Fsp3) is 0.500. The molecule has 16 heavy (non-hydrogen) atoms. The molecule has 4 heteroatoms. The van der Waals surface area contributed by atoms with Crippen LogP contribution in [0, 0.1) is 11.8 Å². The van der Waals surface area contributed by atoms with Crippen molar-refractivity contribution in [1.82, 2.24) is 4.98 Å². The highest BCUT2D eigenvalue weighted by Crippen LogP contribution is 2.28. The van der Waals surface area contributed by atoms with Crippen LogP contribution >= 0.6 is 12.2 Å². The number of hydrogen-bond acceptors (Lipinski definition) is 3. The van der Waals surface area contributed by atoms with Crippen LogP contribution in [0.15, 0.2) is 18.3 Å². The zero-order valence-corrected chi connectivity index (χ0v) is 10.5. The third-order valence-electron chi connectivity index (χ3n) is 3.34. The van der Waals surface area contributed by atoms with E-state index >= 15 is 0 Å². The van der Waals surface area contributed by atoms with Gasteiger partial charge in [0.2, 0.25) is 0 Å². The Morgan fingerprint density at radius 3 is 2.62 bits per heavy atom. The molecule has 86 valence electrons. The second-order valence-electron chi connectivity index (χ2n) is 4.60. The topological polar surface area (TPSA) is 42.2 Å². The highest BCUT2D eigenvalue weighted by Gasteiger charge is 2.28. The van der Waals surface area contributed by atoms with Crippen LogP contribution in [-0.4, -0.2) is 23.1 Å². The van der Waals surface area contributed by atoms with E-state index in [0.717, 1.165) is 24.5 Å². The van der Waals surface area contributed by atoms with Crippen LogP contribution in [0.1, 0.15) is 19.4 Å². The summed E-state index contributed by atoms with van der Waals surface area (Å²) in [7, 11) is 0. The minimum Gasteiger partial charge on any atom is -0.389 e.